The Morgan fingerprint density at radius 3 is 2.58 bits per heavy atom. The predicted molar refractivity (Wildman–Crippen MR) is 90.6 cm³/mol. The molecule has 0 saturated carbocycles. The molecule has 8 heteroatoms. The Hall–Kier alpha value is -2.51. The second-order valence-electron chi connectivity index (χ2n) is 6.30. The molecular weight excluding hydrogens is 345 g/mol. The number of aromatic nitrogens is 2. The van der Waals surface area contributed by atoms with Gasteiger partial charge in [-0.1, -0.05) is 30.3 Å². The van der Waals surface area contributed by atoms with Crippen molar-refractivity contribution in [1.82, 2.24) is 20.4 Å². The summed E-state index contributed by atoms with van der Waals surface area (Å²) in [5, 5.41) is 9.15. The standard InChI is InChI=1S/C18H21F3N4O/c19-18(20,21)16-14-8-4-5-9-15(14)25(24-16)11-10-22-17(26)23-12-13-6-2-1-3-7-13/h1-3,6-7H,4-5,8-12H2,(H2,22,23,26). The zero-order valence-electron chi connectivity index (χ0n) is 14.3. The summed E-state index contributed by atoms with van der Waals surface area (Å²) in [7, 11) is 0. The Morgan fingerprint density at radius 2 is 1.85 bits per heavy atom. The van der Waals surface area contributed by atoms with E-state index in [0.717, 1.165) is 18.4 Å². The monoisotopic (exact) mass is 366 g/mol. The minimum absolute atomic E-state index is 0.214. The smallest absolute Gasteiger partial charge is 0.336 e. The molecule has 26 heavy (non-hydrogen) atoms. The number of halogens is 3. The number of hydrogen-bond donors (Lipinski definition) is 2. The van der Waals surface area contributed by atoms with Gasteiger partial charge in [-0.15, -0.1) is 0 Å². The Bertz CT molecular complexity index is 756. The van der Waals surface area contributed by atoms with Crippen LogP contribution in [0.5, 0.6) is 0 Å². The molecule has 140 valence electrons. The van der Waals surface area contributed by atoms with Crippen molar-refractivity contribution in [3.63, 3.8) is 0 Å². The normalized spacial score (nSPS) is 14.0. The SMILES string of the molecule is O=C(NCCn1nc(C(F)(F)F)c2c1CCCC2)NCc1ccccc1. The molecule has 0 atom stereocenters. The average Bonchev–Trinajstić information content (AvgIpc) is 3.00. The van der Waals surface area contributed by atoms with E-state index >= 15 is 0 Å². The first kappa shape index (κ1) is 18.3. The van der Waals surface area contributed by atoms with E-state index in [1.165, 1.54) is 4.68 Å². The number of urea groups is 1. The molecule has 1 aromatic heterocycles. The lowest BCUT2D eigenvalue weighted by atomic mass is 9.95. The summed E-state index contributed by atoms with van der Waals surface area (Å²) in [6.07, 6.45) is -1.82. The molecular formula is C18H21F3N4O. The van der Waals surface area contributed by atoms with Crippen LogP contribution < -0.4 is 10.6 Å². The van der Waals surface area contributed by atoms with Gasteiger partial charge in [-0.3, -0.25) is 4.68 Å². The predicted octanol–water partition coefficient (Wildman–Crippen LogP) is 3.28. The van der Waals surface area contributed by atoms with Gasteiger partial charge in [-0.2, -0.15) is 18.3 Å². The summed E-state index contributed by atoms with van der Waals surface area (Å²) in [5.41, 5.74) is 1.16. The minimum Gasteiger partial charge on any atom is -0.336 e. The van der Waals surface area contributed by atoms with Crippen molar-refractivity contribution in [3.05, 3.63) is 52.8 Å². The molecule has 2 aromatic rings. The van der Waals surface area contributed by atoms with Crippen molar-refractivity contribution in [1.29, 1.82) is 0 Å². The van der Waals surface area contributed by atoms with Crippen molar-refractivity contribution >= 4 is 6.03 Å². The second-order valence-corrected chi connectivity index (χ2v) is 6.30. The Balaban J connectivity index is 1.55. The molecule has 0 unspecified atom stereocenters. The molecule has 0 bridgehead atoms. The second kappa shape index (κ2) is 7.80. The Kier molecular flexibility index (Phi) is 5.49. The number of nitrogens with one attached hydrogen (secondary N) is 2. The Morgan fingerprint density at radius 1 is 1.12 bits per heavy atom. The summed E-state index contributed by atoms with van der Waals surface area (Å²) in [5.74, 6) is 0. The fraction of sp³-hybridized carbons (Fsp3) is 0.444. The van der Waals surface area contributed by atoms with Gasteiger partial charge in [-0.05, 0) is 31.2 Å². The number of amides is 2. The van der Waals surface area contributed by atoms with Gasteiger partial charge in [0.15, 0.2) is 5.69 Å². The van der Waals surface area contributed by atoms with Gasteiger partial charge in [0.05, 0.1) is 6.54 Å². The van der Waals surface area contributed by atoms with Gasteiger partial charge in [0.25, 0.3) is 0 Å². The molecule has 0 fully saturated rings. The molecule has 2 amide bonds. The van der Waals surface area contributed by atoms with E-state index in [9.17, 15) is 18.0 Å². The number of carbonyl (C=O) groups is 1. The van der Waals surface area contributed by atoms with E-state index in [0.29, 0.717) is 30.6 Å². The fourth-order valence-corrected chi connectivity index (χ4v) is 3.20. The van der Waals surface area contributed by atoms with Crippen LogP contribution in [0.4, 0.5) is 18.0 Å². The van der Waals surface area contributed by atoms with Gasteiger partial charge in [-0.25, -0.2) is 4.79 Å². The summed E-state index contributed by atoms with van der Waals surface area (Å²) in [6, 6.07) is 9.10. The fourth-order valence-electron chi connectivity index (χ4n) is 3.20. The van der Waals surface area contributed by atoms with Crippen molar-refractivity contribution < 1.29 is 18.0 Å². The van der Waals surface area contributed by atoms with Gasteiger partial charge in [0, 0.05) is 24.3 Å². The molecule has 5 nitrogen and oxygen atoms in total. The van der Waals surface area contributed by atoms with Gasteiger partial charge in [0.2, 0.25) is 0 Å². The van der Waals surface area contributed by atoms with Crippen molar-refractivity contribution in [3.8, 4) is 0 Å². The topological polar surface area (TPSA) is 59.0 Å². The number of rotatable bonds is 5. The zero-order valence-corrected chi connectivity index (χ0v) is 14.3. The maximum atomic E-state index is 13.1. The van der Waals surface area contributed by atoms with E-state index in [2.05, 4.69) is 15.7 Å². The summed E-state index contributed by atoms with van der Waals surface area (Å²) >= 11 is 0. The third-order valence-corrected chi connectivity index (χ3v) is 4.43. The van der Waals surface area contributed by atoms with Crippen LogP contribution in [0.15, 0.2) is 30.3 Å². The van der Waals surface area contributed by atoms with Gasteiger partial charge in [0.1, 0.15) is 0 Å². The highest BCUT2D eigenvalue weighted by Crippen LogP contribution is 2.35. The van der Waals surface area contributed by atoms with E-state index in [1.54, 1.807) is 0 Å². The molecule has 1 aliphatic rings. The van der Waals surface area contributed by atoms with Crippen LogP contribution in [0.2, 0.25) is 0 Å². The highest BCUT2D eigenvalue weighted by molar-refractivity contribution is 5.73. The molecule has 1 heterocycles. The molecule has 0 spiro atoms. The van der Waals surface area contributed by atoms with E-state index in [4.69, 9.17) is 0 Å². The molecule has 0 radical (unpaired) electrons. The molecule has 2 N–H and O–H groups in total. The van der Waals surface area contributed by atoms with Crippen molar-refractivity contribution in [2.75, 3.05) is 6.54 Å². The number of fused-ring (bicyclic) bond motifs is 1. The summed E-state index contributed by atoms with van der Waals surface area (Å²) < 4.78 is 40.8. The lowest BCUT2D eigenvalue weighted by Gasteiger charge is -2.15. The van der Waals surface area contributed by atoms with Crippen LogP contribution in [0.1, 0.15) is 35.4 Å². The van der Waals surface area contributed by atoms with Crippen LogP contribution >= 0.6 is 0 Å². The number of hydrogen-bond acceptors (Lipinski definition) is 2. The van der Waals surface area contributed by atoms with Crippen LogP contribution in [0.3, 0.4) is 0 Å². The van der Waals surface area contributed by atoms with Crippen molar-refractivity contribution in [2.24, 2.45) is 0 Å². The van der Waals surface area contributed by atoms with Crippen LogP contribution in [0, 0.1) is 0 Å². The van der Waals surface area contributed by atoms with Gasteiger partial charge < -0.3 is 10.6 Å². The zero-order chi connectivity index (χ0) is 18.6. The summed E-state index contributed by atoms with van der Waals surface area (Å²) in [4.78, 5) is 11.8. The highest BCUT2D eigenvalue weighted by Gasteiger charge is 2.39. The third-order valence-electron chi connectivity index (χ3n) is 4.43. The van der Waals surface area contributed by atoms with E-state index in [1.807, 2.05) is 30.3 Å². The third kappa shape index (κ3) is 4.36. The van der Waals surface area contributed by atoms with E-state index in [-0.39, 0.29) is 19.1 Å². The lowest BCUT2D eigenvalue weighted by molar-refractivity contribution is -0.142. The van der Waals surface area contributed by atoms with E-state index < -0.39 is 11.9 Å². The summed E-state index contributed by atoms with van der Waals surface area (Å²) in [6.45, 7) is 0.825. The average molecular weight is 366 g/mol. The molecule has 3 rings (SSSR count). The number of alkyl halides is 3. The molecule has 0 saturated heterocycles. The number of benzene rings is 1. The molecule has 0 aliphatic heterocycles. The Labute approximate surface area is 149 Å². The number of nitrogens with zero attached hydrogens (tertiary/aromatic N) is 2. The van der Waals surface area contributed by atoms with Gasteiger partial charge >= 0.3 is 12.2 Å². The maximum Gasteiger partial charge on any atom is 0.435 e. The first-order valence-electron chi connectivity index (χ1n) is 8.66. The highest BCUT2D eigenvalue weighted by atomic mass is 19.4. The number of carbonyl (C=O) groups excluding carboxylic acids is 1. The van der Waals surface area contributed by atoms with Crippen LogP contribution in [-0.2, 0) is 32.1 Å². The van der Waals surface area contributed by atoms with Crippen molar-refractivity contribution in [2.45, 2.75) is 44.9 Å². The largest absolute Gasteiger partial charge is 0.435 e. The first-order valence-corrected chi connectivity index (χ1v) is 8.66. The molecule has 1 aliphatic carbocycles. The lowest BCUT2D eigenvalue weighted by Crippen LogP contribution is -2.37. The minimum atomic E-state index is -4.44. The first-order chi connectivity index (χ1) is 12.4. The quantitative estimate of drug-likeness (QED) is 0.853. The van der Waals surface area contributed by atoms with Crippen LogP contribution in [0.25, 0.3) is 0 Å². The molecule has 1 aromatic carbocycles. The maximum absolute atomic E-state index is 13.1. The van der Waals surface area contributed by atoms with Crippen LogP contribution in [-0.4, -0.2) is 22.4 Å².